The van der Waals surface area contributed by atoms with E-state index in [4.69, 9.17) is 4.74 Å². The molecule has 1 heterocycles. The molecule has 0 saturated heterocycles. The van der Waals surface area contributed by atoms with E-state index in [1.165, 1.54) is 42.1 Å². The van der Waals surface area contributed by atoms with Crippen LogP contribution in [0.1, 0.15) is 49.3 Å². The maximum Gasteiger partial charge on any atom is 0.311 e. The second-order valence-electron chi connectivity index (χ2n) is 8.56. The molecule has 26 heavy (non-hydrogen) atoms. The number of carbonyl (C=O) groups excluding carboxylic acids is 1. The van der Waals surface area contributed by atoms with Crippen molar-refractivity contribution in [3.63, 3.8) is 0 Å². The number of ether oxygens (including phenoxy) is 1. The zero-order valence-electron chi connectivity index (χ0n) is 15.3. The van der Waals surface area contributed by atoms with E-state index in [0.717, 1.165) is 25.7 Å². The van der Waals surface area contributed by atoms with Crippen molar-refractivity contribution in [2.24, 2.45) is 23.7 Å². The Morgan fingerprint density at radius 2 is 2.00 bits per heavy atom. The number of carbonyl (C=O) groups is 1. The minimum absolute atomic E-state index is 0.224. The van der Waals surface area contributed by atoms with Crippen LogP contribution in [0.25, 0.3) is 10.9 Å². The predicted molar refractivity (Wildman–Crippen MR) is 99.8 cm³/mol. The lowest BCUT2D eigenvalue weighted by Crippen LogP contribution is -2.47. The summed E-state index contributed by atoms with van der Waals surface area (Å²) in [5.74, 6) is 1.39. The van der Waals surface area contributed by atoms with Gasteiger partial charge in [-0.1, -0.05) is 18.2 Å². The summed E-state index contributed by atoms with van der Waals surface area (Å²) in [6.07, 6.45) is 5.80. The second kappa shape index (κ2) is 6.12. The molecule has 0 radical (unpaired) electrons. The number of fused-ring (bicyclic) bond motifs is 6. The first-order valence-corrected chi connectivity index (χ1v) is 10.0. The number of H-pyrrole nitrogens is 1. The summed E-state index contributed by atoms with van der Waals surface area (Å²) in [4.78, 5) is 16.1. The fourth-order valence-corrected chi connectivity index (χ4v) is 6.30. The first-order chi connectivity index (χ1) is 12.7. The molecule has 4 nitrogen and oxygen atoms in total. The Morgan fingerprint density at radius 1 is 1.15 bits per heavy atom. The van der Waals surface area contributed by atoms with E-state index in [1.807, 2.05) is 0 Å². The maximum atomic E-state index is 12.4. The molecule has 138 valence electrons. The molecular weight excluding hydrogens is 326 g/mol. The van der Waals surface area contributed by atoms with Crippen LogP contribution in [0.15, 0.2) is 24.3 Å². The van der Waals surface area contributed by atoms with Crippen molar-refractivity contribution in [2.45, 2.75) is 50.5 Å². The third-order valence-corrected chi connectivity index (χ3v) is 7.47. The first-order valence-electron chi connectivity index (χ1n) is 10.0. The normalized spacial score (nSPS) is 36.1. The van der Waals surface area contributed by atoms with Crippen LogP contribution in [0.4, 0.5) is 0 Å². The van der Waals surface area contributed by atoms with E-state index in [2.05, 4.69) is 29.2 Å². The topological polar surface area (TPSA) is 62.3 Å². The maximum absolute atomic E-state index is 12.4. The monoisotopic (exact) mass is 353 g/mol. The number of benzene rings is 1. The van der Waals surface area contributed by atoms with Gasteiger partial charge in [0.05, 0.1) is 19.1 Å². The van der Waals surface area contributed by atoms with Gasteiger partial charge in [0.2, 0.25) is 0 Å². The van der Waals surface area contributed by atoms with Crippen molar-refractivity contribution in [1.29, 1.82) is 0 Å². The Morgan fingerprint density at radius 3 is 2.85 bits per heavy atom. The largest absolute Gasteiger partial charge is 0.469 e. The summed E-state index contributed by atoms with van der Waals surface area (Å²) in [5.41, 5.74) is 4.10. The molecule has 0 bridgehead atoms. The summed E-state index contributed by atoms with van der Waals surface area (Å²) in [6, 6.07) is 8.59. The zero-order valence-corrected chi connectivity index (χ0v) is 15.3. The highest BCUT2D eigenvalue weighted by atomic mass is 16.5. The number of nitrogens with one attached hydrogen (secondary N) is 1. The first kappa shape index (κ1) is 16.4. The molecule has 6 atom stereocenters. The van der Waals surface area contributed by atoms with Gasteiger partial charge in [-0.2, -0.15) is 0 Å². The fourth-order valence-electron chi connectivity index (χ4n) is 6.30. The number of aliphatic hydroxyl groups excluding tert-OH is 1. The summed E-state index contributed by atoms with van der Waals surface area (Å²) in [5, 5.41) is 11.9. The number of methoxy groups -OCH3 is 1. The van der Waals surface area contributed by atoms with Gasteiger partial charge >= 0.3 is 5.97 Å². The van der Waals surface area contributed by atoms with E-state index in [1.54, 1.807) is 0 Å². The minimum Gasteiger partial charge on any atom is -0.469 e. The van der Waals surface area contributed by atoms with Crippen LogP contribution in [-0.2, 0) is 16.0 Å². The van der Waals surface area contributed by atoms with Gasteiger partial charge in [-0.05, 0) is 67.9 Å². The summed E-state index contributed by atoms with van der Waals surface area (Å²) >= 11 is 0. The minimum atomic E-state index is -0.550. The van der Waals surface area contributed by atoms with Crippen LogP contribution in [0.5, 0.6) is 0 Å². The molecule has 0 unspecified atom stereocenters. The van der Waals surface area contributed by atoms with Gasteiger partial charge in [-0.3, -0.25) is 4.79 Å². The standard InChI is InChI=1S/C22H27NO3/c1-26-22(25)20-16-11-17-13(10-12(16)7-9-19(20)24)6-8-15-14-4-2-3-5-18(14)23-21(15)17/h2-5,12-13,16-17,19-20,23-24H,6-11H2,1H3/t12-,13+,16+,17-,19-,20+/m0/s1. The second-order valence-corrected chi connectivity index (χ2v) is 8.56. The van der Waals surface area contributed by atoms with Crippen molar-refractivity contribution in [3.8, 4) is 0 Å². The molecule has 2 N–H and O–H groups in total. The SMILES string of the molecule is COC(=O)[C@@H]1[C@@H]2C[C@@H]3c4[nH]c5ccccc5c4CC[C@@H]3C[C@@H]2CC[C@@H]1O. The third-order valence-electron chi connectivity index (χ3n) is 7.47. The molecule has 3 aliphatic carbocycles. The summed E-state index contributed by atoms with van der Waals surface area (Å²) in [6.45, 7) is 0. The van der Waals surface area contributed by atoms with Crippen LogP contribution < -0.4 is 0 Å². The third kappa shape index (κ3) is 2.34. The lowest BCUT2D eigenvalue weighted by molar-refractivity contribution is -0.158. The Kier molecular flexibility index (Phi) is 3.85. The van der Waals surface area contributed by atoms with Gasteiger partial charge in [0, 0.05) is 22.5 Å². The number of aliphatic hydroxyl groups is 1. The van der Waals surface area contributed by atoms with Crippen molar-refractivity contribution in [2.75, 3.05) is 7.11 Å². The van der Waals surface area contributed by atoms with E-state index in [0.29, 0.717) is 17.8 Å². The average molecular weight is 353 g/mol. The Hall–Kier alpha value is -1.81. The molecule has 1 aromatic heterocycles. The number of esters is 1. The van der Waals surface area contributed by atoms with E-state index in [-0.39, 0.29) is 17.8 Å². The van der Waals surface area contributed by atoms with Crippen molar-refractivity contribution in [1.82, 2.24) is 4.98 Å². The van der Waals surface area contributed by atoms with Crippen LogP contribution >= 0.6 is 0 Å². The Balaban J connectivity index is 1.52. The molecule has 2 aromatic rings. The highest BCUT2D eigenvalue weighted by Crippen LogP contribution is 2.55. The lowest BCUT2D eigenvalue weighted by Gasteiger charge is -2.49. The molecule has 0 aliphatic heterocycles. The van der Waals surface area contributed by atoms with E-state index in [9.17, 15) is 9.90 Å². The number of aromatic amines is 1. The predicted octanol–water partition coefficient (Wildman–Crippen LogP) is 3.78. The van der Waals surface area contributed by atoms with Crippen LogP contribution in [-0.4, -0.2) is 29.3 Å². The number of aryl methyl sites for hydroxylation is 1. The van der Waals surface area contributed by atoms with Gasteiger partial charge in [0.25, 0.3) is 0 Å². The Bertz CT molecular complexity index is 841. The van der Waals surface area contributed by atoms with Gasteiger partial charge in [-0.25, -0.2) is 0 Å². The molecule has 5 rings (SSSR count). The van der Waals surface area contributed by atoms with Crippen molar-refractivity contribution >= 4 is 16.9 Å². The van der Waals surface area contributed by atoms with Crippen LogP contribution in [0.2, 0.25) is 0 Å². The quantitative estimate of drug-likeness (QED) is 0.767. The number of aromatic nitrogens is 1. The highest BCUT2D eigenvalue weighted by molar-refractivity contribution is 5.85. The van der Waals surface area contributed by atoms with Gasteiger partial charge < -0.3 is 14.8 Å². The number of hydrogen-bond acceptors (Lipinski definition) is 3. The van der Waals surface area contributed by atoms with Crippen LogP contribution in [0, 0.1) is 23.7 Å². The smallest absolute Gasteiger partial charge is 0.311 e. The zero-order chi connectivity index (χ0) is 17.8. The van der Waals surface area contributed by atoms with E-state index >= 15 is 0 Å². The van der Waals surface area contributed by atoms with Gasteiger partial charge in [0.15, 0.2) is 0 Å². The number of hydrogen-bond donors (Lipinski definition) is 2. The summed E-state index contributed by atoms with van der Waals surface area (Å²) in [7, 11) is 1.45. The molecule has 2 fully saturated rings. The highest BCUT2D eigenvalue weighted by Gasteiger charge is 2.50. The molecule has 1 aromatic carbocycles. The lowest BCUT2D eigenvalue weighted by atomic mass is 9.56. The molecule has 2 saturated carbocycles. The van der Waals surface area contributed by atoms with Crippen LogP contribution in [0.3, 0.4) is 0 Å². The number of para-hydroxylation sites is 1. The Labute approximate surface area is 153 Å². The molecule has 4 heteroatoms. The van der Waals surface area contributed by atoms with Crippen molar-refractivity contribution < 1.29 is 14.6 Å². The molecule has 0 spiro atoms. The molecule has 3 aliphatic rings. The average Bonchev–Trinajstić information content (AvgIpc) is 3.05. The van der Waals surface area contributed by atoms with E-state index < -0.39 is 6.10 Å². The van der Waals surface area contributed by atoms with Gasteiger partial charge in [-0.15, -0.1) is 0 Å². The fraction of sp³-hybridized carbons (Fsp3) is 0.591. The van der Waals surface area contributed by atoms with Crippen molar-refractivity contribution in [3.05, 3.63) is 35.5 Å². The summed E-state index contributed by atoms with van der Waals surface area (Å²) < 4.78 is 5.06. The van der Waals surface area contributed by atoms with Gasteiger partial charge in [0.1, 0.15) is 0 Å². The molecule has 0 amide bonds. The number of rotatable bonds is 1. The molecular formula is C22H27NO3.